The highest BCUT2D eigenvalue weighted by Gasteiger charge is 2.22. The van der Waals surface area contributed by atoms with Gasteiger partial charge in [-0.25, -0.2) is 9.78 Å². The molecular weight excluding hydrogens is 324 g/mol. The van der Waals surface area contributed by atoms with Crippen LogP contribution in [-0.4, -0.2) is 43.3 Å². The van der Waals surface area contributed by atoms with Crippen LogP contribution in [0.3, 0.4) is 0 Å². The van der Waals surface area contributed by atoms with Crippen molar-refractivity contribution in [3.63, 3.8) is 0 Å². The molecule has 1 heterocycles. The van der Waals surface area contributed by atoms with Gasteiger partial charge in [0.05, 0.1) is 21.3 Å². The molecule has 23 heavy (non-hydrogen) atoms. The Morgan fingerprint density at radius 3 is 2.43 bits per heavy atom. The first-order valence-electron chi connectivity index (χ1n) is 6.31. The van der Waals surface area contributed by atoms with Crippen molar-refractivity contribution in [3.8, 4) is 17.2 Å². The largest absolute Gasteiger partial charge is 0.504 e. The van der Waals surface area contributed by atoms with Crippen molar-refractivity contribution < 1.29 is 28.9 Å². The van der Waals surface area contributed by atoms with Crippen LogP contribution in [0.5, 0.6) is 17.2 Å². The van der Waals surface area contributed by atoms with E-state index in [4.69, 9.17) is 9.47 Å². The number of methoxy groups -OCH3 is 3. The van der Waals surface area contributed by atoms with E-state index < -0.39 is 11.9 Å². The van der Waals surface area contributed by atoms with Gasteiger partial charge in [0.2, 0.25) is 0 Å². The van der Waals surface area contributed by atoms with E-state index in [1.807, 2.05) is 0 Å². The number of hydrogen-bond acceptors (Lipinski definition) is 8. The second-order valence-electron chi connectivity index (χ2n) is 4.18. The average Bonchev–Trinajstić information content (AvgIpc) is 3.01. The third-order valence-corrected chi connectivity index (χ3v) is 3.65. The number of carbonyl (C=O) groups excluding carboxylic acids is 2. The van der Waals surface area contributed by atoms with Crippen LogP contribution in [0.25, 0.3) is 0 Å². The van der Waals surface area contributed by atoms with Crippen LogP contribution in [-0.2, 0) is 4.74 Å². The summed E-state index contributed by atoms with van der Waals surface area (Å²) in [5.41, 5.74) is -0.0173. The Bertz CT molecular complexity index is 743. The number of ether oxygens (including phenoxy) is 3. The lowest BCUT2D eigenvalue weighted by molar-refractivity contribution is 0.0594. The first kappa shape index (κ1) is 16.6. The van der Waals surface area contributed by atoms with Gasteiger partial charge in [0.25, 0.3) is 5.91 Å². The van der Waals surface area contributed by atoms with Gasteiger partial charge in [-0.15, -0.1) is 11.3 Å². The van der Waals surface area contributed by atoms with Crippen LogP contribution in [0.1, 0.15) is 20.8 Å². The minimum Gasteiger partial charge on any atom is -0.504 e. The van der Waals surface area contributed by atoms with Crippen molar-refractivity contribution in [2.45, 2.75) is 0 Å². The molecule has 2 rings (SSSR count). The maximum Gasteiger partial charge on any atom is 0.357 e. The summed E-state index contributed by atoms with van der Waals surface area (Å²) in [4.78, 5) is 27.7. The molecule has 0 fully saturated rings. The zero-order valence-electron chi connectivity index (χ0n) is 12.6. The maximum absolute atomic E-state index is 12.4. The predicted molar refractivity (Wildman–Crippen MR) is 82.6 cm³/mol. The molecule has 2 aromatic rings. The first-order chi connectivity index (χ1) is 11.0. The number of thiazole rings is 1. The molecular formula is C14H14N2O6S. The number of aromatic hydroxyl groups is 1. The molecule has 0 aliphatic rings. The van der Waals surface area contributed by atoms with Crippen LogP contribution in [0.15, 0.2) is 17.5 Å². The number of phenolic OH excluding ortho intramolecular Hbond substituents is 1. The third-order valence-electron chi connectivity index (χ3n) is 2.89. The highest BCUT2D eigenvalue weighted by Crippen LogP contribution is 2.36. The van der Waals surface area contributed by atoms with E-state index in [0.29, 0.717) is 0 Å². The Labute approximate surface area is 135 Å². The minimum absolute atomic E-state index is 0.0784. The molecule has 8 nitrogen and oxygen atoms in total. The summed E-state index contributed by atoms with van der Waals surface area (Å²) in [7, 11) is 3.97. The normalized spacial score (nSPS) is 10.0. The number of benzene rings is 1. The zero-order valence-corrected chi connectivity index (χ0v) is 13.4. The van der Waals surface area contributed by atoms with Crippen LogP contribution >= 0.6 is 11.3 Å². The number of phenols is 1. The molecule has 0 unspecified atom stereocenters. The summed E-state index contributed by atoms with van der Waals surface area (Å²) in [6.45, 7) is 0. The maximum atomic E-state index is 12.4. The molecule has 1 aromatic heterocycles. The van der Waals surface area contributed by atoms with Gasteiger partial charge in [0, 0.05) is 5.38 Å². The number of aromatic nitrogens is 1. The quantitative estimate of drug-likeness (QED) is 0.802. The molecule has 0 spiro atoms. The molecule has 0 saturated heterocycles. The van der Waals surface area contributed by atoms with Gasteiger partial charge < -0.3 is 19.3 Å². The molecule has 0 atom stereocenters. The van der Waals surface area contributed by atoms with Gasteiger partial charge in [0.1, 0.15) is 11.3 Å². The molecule has 2 N–H and O–H groups in total. The van der Waals surface area contributed by atoms with E-state index in [9.17, 15) is 14.7 Å². The van der Waals surface area contributed by atoms with E-state index in [1.165, 1.54) is 38.8 Å². The number of carbonyl (C=O) groups is 2. The predicted octanol–water partition coefficient (Wildman–Crippen LogP) is 1.90. The fraction of sp³-hybridized carbons (Fsp3) is 0.214. The van der Waals surface area contributed by atoms with E-state index >= 15 is 0 Å². The second-order valence-corrected chi connectivity index (χ2v) is 5.04. The summed E-state index contributed by atoms with van der Waals surface area (Å²) >= 11 is 1.05. The Hall–Kier alpha value is -2.81. The van der Waals surface area contributed by atoms with Crippen LogP contribution < -0.4 is 14.8 Å². The summed E-state index contributed by atoms with van der Waals surface area (Å²) in [5.74, 6) is -1.31. The summed E-state index contributed by atoms with van der Waals surface area (Å²) < 4.78 is 14.6. The molecule has 1 amide bonds. The molecule has 9 heteroatoms. The summed E-state index contributed by atoms with van der Waals surface area (Å²) in [6.07, 6.45) is 0. The fourth-order valence-corrected chi connectivity index (χ4v) is 2.47. The monoisotopic (exact) mass is 338 g/mol. The second kappa shape index (κ2) is 6.97. The minimum atomic E-state index is -0.649. The van der Waals surface area contributed by atoms with E-state index in [2.05, 4.69) is 15.0 Å². The number of anilines is 1. The van der Waals surface area contributed by atoms with Crippen molar-refractivity contribution in [1.29, 1.82) is 0 Å². The molecule has 0 saturated carbocycles. The standard InChI is InChI=1S/C14H14N2O6S/c1-20-8-4-5-9(21-2)11(17)10(8)12(18)16-14-15-7(6-23-14)13(19)22-3/h4-6,17H,1-3H3,(H,15,16,18). The van der Waals surface area contributed by atoms with Crippen molar-refractivity contribution in [1.82, 2.24) is 4.98 Å². The Morgan fingerprint density at radius 1 is 1.17 bits per heavy atom. The molecule has 0 aliphatic heterocycles. The van der Waals surface area contributed by atoms with Gasteiger partial charge in [-0.1, -0.05) is 0 Å². The lowest BCUT2D eigenvalue weighted by Crippen LogP contribution is -2.14. The number of rotatable bonds is 5. The van der Waals surface area contributed by atoms with Gasteiger partial charge in [-0.2, -0.15) is 0 Å². The average molecular weight is 338 g/mol. The smallest absolute Gasteiger partial charge is 0.357 e. The van der Waals surface area contributed by atoms with Gasteiger partial charge in [-0.05, 0) is 12.1 Å². The van der Waals surface area contributed by atoms with Crippen molar-refractivity contribution in [2.75, 3.05) is 26.6 Å². The molecule has 0 aliphatic carbocycles. The van der Waals surface area contributed by atoms with Crippen LogP contribution in [0.4, 0.5) is 5.13 Å². The van der Waals surface area contributed by atoms with Crippen molar-refractivity contribution in [3.05, 3.63) is 28.8 Å². The number of amides is 1. The number of nitrogens with one attached hydrogen (secondary N) is 1. The Morgan fingerprint density at radius 2 is 1.83 bits per heavy atom. The zero-order chi connectivity index (χ0) is 17.0. The van der Waals surface area contributed by atoms with Gasteiger partial charge in [0.15, 0.2) is 22.3 Å². The van der Waals surface area contributed by atoms with Crippen LogP contribution in [0.2, 0.25) is 0 Å². The number of hydrogen-bond donors (Lipinski definition) is 2. The van der Waals surface area contributed by atoms with Crippen LogP contribution in [0, 0.1) is 0 Å². The third kappa shape index (κ3) is 3.34. The summed E-state index contributed by atoms with van der Waals surface area (Å²) in [6, 6.07) is 2.97. The molecule has 0 radical (unpaired) electrons. The first-order valence-corrected chi connectivity index (χ1v) is 7.19. The highest BCUT2D eigenvalue weighted by atomic mass is 32.1. The van der Waals surface area contributed by atoms with Crippen molar-refractivity contribution >= 4 is 28.3 Å². The van der Waals surface area contributed by atoms with Gasteiger partial charge in [-0.3, -0.25) is 10.1 Å². The lowest BCUT2D eigenvalue weighted by Gasteiger charge is -2.12. The van der Waals surface area contributed by atoms with Gasteiger partial charge >= 0.3 is 5.97 Å². The lowest BCUT2D eigenvalue weighted by atomic mass is 10.1. The highest BCUT2D eigenvalue weighted by molar-refractivity contribution is 7.14. The number of nitrogens with zero attached hydrogens (tertiary/aromatic N) is 1. The SMILES string of the molecule is COC(=O)c1csc(NC(=O)c2c(OC)ccc(OC)c2O)n1. The fourth-order valence-electron chi connectivity index (χ4n) is 1.80. The molecule has 0 bridgehead atoms. The topological polar surface area (TPSA) is 107 Å². The van der Waals surface area contributed by atoms with E-state index in [-0.39, 0.29) is 33.6 Å². The number of esters is 1. The van der Waals surface area contributed by atoms with E-state index in [0.717, 1.165) is 11.3 Å². The Balaban J connectivity index is 2.30. The summed E-state index contributed by atoms with van der Waals surface area (Å²) in [5, 5.41) is 14.2. The Kier molecular flexibility index (Phi) is 5.02. The van der Waals surface area contributed by atoms with Crippen molar-refractivity contribution in [2.24, 2.45) is 0 Å². The van der Waals surface area contributed by atoms with E-state index in [1.54, 1.807) is 0 Å². The molecule has 1 aromatic carbocycles. The molecule has 122 valence electrons.